The third-order valence-corrected chi connectivity index (χ3v) is 4.71. The Morgan fingerprint density at radius 2 is 1.45 bits per heavy atom. The number of nitrogens with zero attached hydrogens (tertiary/aromatic N) is 1. The summed E-state index contributed by atoms with van der Waals surface area (Å²) in [6.07, 6.45) is 5.04. The van der Waals surface area contributed by atoms with E-state index >= 15 is 0 Å². The van der Waals surface area contributed by atoms with Crippen molar-refractivity contribution in [2.24, 2.45) is 0 Å². The number of benzene rings is 2. The highest BCUT2D eigenvalue weighted by molar-refractivity contribution is 5.86. The first-order chi connectivity index (χ1) is 15.1. The molecule has 0 aliphatic rings. The molecule has 0 radical (unpaired) electrons. The van der Waals surface area contributed by atoms with Crippen LogP contribution in [-0.4, -0.2) is 34.2 Å². The van der Waals surface area contributed by atoms with E-state index < -0.39 is 12.1 Å². The maximum Gasteiger partial charge on any atom is 0.405 e. The molecule has 3 aromatic rings. The lowest BCUT2D eigenvalue weighted by molar-refractivity contribution is -0.123. The Hall–Kier alpha value is -3.93. The SMILES string of the molecule is O=C(O)NC(Cc1ccccc1)C(=O)NC(/C=C/c1ccccn1)Cc1ccccc1. The molecule has 3 N–H and O–H groups in total. The summed E-state index contributed by atoms with van der Waals surface area (Å²) in [5.74, 6) is -0.377. The first-order valence-electron chi connectivity index (χ1n) is 10.1. The lowest BCUT2D eigenvalue weighted by Gasteiger charge is -2.21. The molecule has 2 aromatic carbocycles. The number of carboxylic acid groups (broad SMARTS) is 1. The van der Waals surface area contributed by atoms with Crippen molar-refractivity contribution in [3.8, 4) is 0 Å². The summed E-state index contributed by atoms with van der Waals surface area (Å²) in [7, 11) is 0. The van der Waals surface area contributed by atoms with Gasteiger partial charge in [0.2, 0.25) is 5.91 Å². The molecule has 1 heterocycles. The van der Waals surface area contributed by atoms with Crippen LogP contribution in [0.3, 0.4) is 0 Å². The summed E-state index contributed by atoms with van der Waals surface area (Å²) in [5.41, 5.74) is 2.71. The highest BCUT2D eigenvalue weighted by atomic mass is 16.4. The predicted molar refractivity (Wildman–Crippen MR) is 120 cm³/mol. The average Bonchev–Trinajstić information content (AvgIpc) is 2.79. The minimum Gasteiger partial charge on any atom is -0.465 e. The van der Waals surface area contributed by atoms with Crippen LogP contribution < -0.4 is 10.6 Å². The van der Waals surface area contributed by atoms with Crippen LogP contribution in [0.2, 0.25) is 0 Å². The Kier molecular flexibility index (Phi) is 7.94. The van der Waals surface area contributed by atoms with Gasteiger partial charge in [0.25, 0.3) is 0 Å². The van der Waals surface area contributed by atoms with Crippen molar-refractivity contribution >= 4 is 18.1 Å². The largest absolute Gasteiger partial charge is 0.465 e. The molecule has 0 spiro atoms. The molecule has 1 aromatic heterocycles. The first-order valence-corrected chi connectivity index (χ1v) is 10.1. The quantitative estimate of drug-likeness (QED) is 0.497. The van der Waals surface area contributed by atoms with Crippen LogP contribution in [0.4, 0.5) is 4.79 Å². The molecule has 0 aliphatic carbocycles. The number of hydrogen-bond donors (Lipinski definition) is 3. The van der Waals surface area contributed by atoms with Crippen LogP contribution in [0.15, 0.2) is 91.1 Å². The fourth-order valence-electron chi connectivity index (χ4n) is 3.22. The van der Waals surface area contributed by atoms with Crippen molar-refractivity contribution < 1.29 is 14.7 Å². The van der Waals surface area contributed by atoms with E-state index in [1.807, 2.05) is 91.0 Å². The Labute approximate surface area is 181 Å². The van der Waals surface area contributed by atoms with Gasteiger partial charge in [-0.15, -0.1) is 0 Å². The maximum atomic E-state index is 13.0. The van der Waals surface area contributed by atoms with Gasteiger partial charge >= 0.3 is 6.09 Å². The van der Waals surface area contributed by atoms with Gasteiger partial charge in [0, 0.05) is 12.6 Å². The van der Waals surface area contributed by atoms with Crippen molar-refractivity contribution in [2.45, 2.75) is 24.9 Å². The fraction of sp³-hybridized carbons (Fsp3) is 0.160. The molecular weight excluding hydrogens is 390 g/mol. The van der Waals surface area contributed by atoms with Crippen LogP contribution in [0.1, 0.15) is 16.8 Å². The van der Waals surface area contributed by atoms with E-state index in [1.54, 1.807) is 6.20 Å². The van der Waals surface area contributed by atoms with E-state index in [1.165, 1.54) is 0 Å². The highest BCUT2D eigenvalue weighted by Crippen LogP contribution is 2.09. The lowest BCUT2D eigenvalue weighted by Crippen LogP contribution is -2.50. The molecule has 2 amide bonds. The Morgan fingerprint density at radius 1 is 0.839 bits per heavy atom. The maximum absolute atomic E-state index is 13.0. The topological polar surface area (TPSA) is 91.3 Å². The third kappa shape index (κ3) is 7.44. The highest BCUT2D eigenvalue weighted by Gasteiger charge is 2.23. The molecule has 0 saturated carbocycles. The van der Waals surface area contributed by atoms with Gasteiger partial charge in [0.1, 0.15) is 6.04 Å². The van der Waals surface area contributed by atoms with E-state index in [-0.39, 0.29) is 18.4 Å². The summed E-state index contributed by atoms with van der Waals surface area (Å²) in [6, 6.07) is 23.5. The number of hydrogen-bond acceptors (Lipinski definition) is 3. The van der Waals surface area contributed by atoms with Gasteiger partial charge in [-0.2, -0.15) is 0 Å². The van der Waals surface area contributed by atoms with E-state index in [0.717, 1.165) is 16.8 Å². The molecular formula is C25H25N3O3. The zero-order valence-corrected chi connectivity index (χ0v) is 17.0. The van der Waals surface area contributed by atoms with Crippen LogP contribution in [0.5, 0.6) is 0 Å². The van der Waals surface area contributed by atoms with Crippen molar-refractivity contribution in [3.63, 3.8) is 0 Å². The fourth-order valence-corrected chi connectivity index (χ4v) is 3.22. The Bertz CT molecular complexity index is 992. The van der Waals surface area contributed by atoms with E-state index in [4.69, 9.17) is 0 Å². The summed E-state index contributed by atoms with van der Waals surface area (Å²) < 4.78 is 0. The second-order valence-corrected chi connectivity index (χ2v) is 7.11. The molecule has 0 bridgehead atoms. The number of aromatic nitrogens is 1. The molecule has 0 aliphatic heterocycles. The van der Waals surface area contributed by atoms with Gasteiger partial charge < -0.3 is 15.7 Å². The van der Waals surface area contributed by atoms with Gasteiger partial charge in [-0.25, -0.2) is 4.79 Å². The predicted octanol–water partition coefficient (Wildman–Crippen LogP) is 3.70. The number of carbonyl (C=O) groups excluding carboxylic acids is 1. The first kappa shape index (κ1) is 21.8. The number of rotatable bonds is 9. The second kappa shape index (κ2) is 11.3. The van der Waals surface area contributed by atoms with Gasteiger partial charge in [0.15, 0.2) is 0 Å². The van der Waals surface area contributed by atoms with Gasteiger partial charge in [0.05, 0.1) is 11.7 Å². The summed E-state index contributed by atoms with van der Waals surface area (Å²) >= 11 is 0. The Balaban J connectivity index is 1.76. The number of amides is 2. The minimum atomic E-state index is -1.24. The van der Waals surface area contributed by atoms with E-state index in [2.05, 4.69) is 15.6 Å². The summed E-state index contributed by atoms with van der Waals surface area (Å²) in [5, 5.41) is 14.5. The molecule has 6 heteroatoms. The monoisotopic (exact) mass is 415 g/mol. The molecule has 0 saturated heterocycles. The second-order valence-electron chi connectivity index (χ2n) is 7.11. The average molecular weight is 415 g/mol. The zero-order chi connectivity index (χ0) is 21.9. The Morgan fingerprint density at radius 3 is 2.03 bits per heavy atom. The number of nitrogens with one attached hydrogen (secondary N) is 2. The minimum absolute atomic E-state index is 0.265. The molecule has 2 atom stereocenters. The van der Waals surface area contributed by atoms with Crippen molar-refractivity contribution in [3.05, 3.63) is 108 Å². The van der Waals surface area contributed by atoms with Crippen LogP contribution in [0.25, 0.3) is 6.08 Å². The molecule has 3 rings (SSSR count). The summed E-state index contributed by atoms with van der Waals surface area (Å²) in [4.78, 5) is 28.6. The molecule has 158 valence electrons. The van der Waals surface area contributed by atoms with Crippen molar-refractivity contribution in [1.82, 2.24) is 15.6 Å². The zero-order valence-electron chi connectivity index (χ0n) is 17.0. The molecule has 2 unspecified atom stereocenters. The summed E-state index contributed by atoms with van der Waals surface area (Å²) in [6.45, 7) is 0. The smallest absolute Gasteiger partial charge is 0.405 e. The molecule has 6 nitrogen and oxygen atoms in total. The number of carbonyl (C=O) groups is 2. The van der Waals surface area contributed by atoms with E-state index in [0.29, 0.717) is 6.42 Å². The van der Waals surface area contributed by atoms with E-state index in [9.17, 15) is 14.7 Å². The standard InChI is InChI=1S/C25H25N3O3/c29-24(23(28-25(30)31)18-20-11-5-2-6-12-20)27-22(17-19-9-3-1-4-10-19)15-14-21-13-7-8-16-26-21/h1-16,22-23,28H,17-18H2,(H,27,29)(H,30,31)/b15-14+. The molecule has 0 fully saturated rings. The van der Waals surface area contributed by atoms with Crippen LogP contribution in [0, 0.1) is 0 Å². The van der Waals surface area contributed by atoms with Crippen molar-refractivity contribution in [2.75, 3.05) is 0 Å². The van der Waals surface area contributed by atoms with Crippen LogP contribution in [-0.2, 0) is 17.6 Å². The van der Waals surface area contributed by atoms with Crippen molar-refractivity contribution in [1.29, 1.82) is 0 Å². The van der Waals surface area contributed by atoms with Crippen LogP contribution >= 0.6 is 0 Å². The lowest BCUT2D eigenvalue weighted by atomic mass is 10.0. The third-order valence-electron chi connectivity index (χ3n) is 4.71. The van der Waals surface area contributed by atoms with Gasteiger partial charge in [-0.05, 0) is 35.8 Å². The molecule has 31 heavy (non-hydrogen) atoms. The normalized spacial score (nSPS) is 12.8. The van der Waals surface area contributed by atoms with Gasteiger partial charge in [-0.1, -0.05) is 72.8 Å². The number of pyridine rings is 1. The van der Waals surface area contributed by atoms with Gasteiger partial charge in [-0.3, -0.25) is 9.78 Å².